The van der Waals surface area contributed by atoms with Crippen molar-refractivity contribution in [1.29, 1.82) is 0 Å². The van der Waals surface area contributed by atoms with Crippen LogP contribution in [-0.2, 0) is 13.1 Å². The second kappa shape index (κ2) is 5.66. The zero-order valence-electron chi connectivity index (χ0n) is 9.21. The van der Waals surface area contributed by atoms with Crippen LogP contribution in [0, 0.1) is 0 Å². The Balaban J connectivity index is 2.41. The third-order valence-electron chi connectivity index (χ3n) is 2.12. The SMILES string of the molecule is C=C(C)CNCc1cccn1CCC. The number of nitrogens with one attached hydrogen (secondary N) is 1. The molecule has 1 aromatic rings. The first-order valence-corrected chi connectivity index (χ1v) is 5.23. The average molecular weight is 192 g/mol. The number of aromatic nitrogens is 1. The van der Waals surface area contributed by atoms with Crippen LogP contribution in [0.4, 0.5) is 0 Å². The van der Waals surface area contributed by atoms with E-state index in [1.54, 1.807) is 0 Å². The lowest BCUT2D eigenvalue weighted by molar-refractivity contribution is 0.616. The van der Waals surface area contributed by atoms with Crippen molar-refractivity contribution in [3.05, 3.63) is 36.2 Å². The molecule has 1 N–H and O–H groups in total. The van der Waals surface area contributed by atoms with Gasteiger partial charge in [-0.1, -0.05) is 19.1 Å². The van der Waals surface area contributed by atoms with Crippen LogP contribution in [0.5, 0.6) is 0 Å². The number of hydrogen-bond donors (Lipinski definition) is 1. The van der Waals surface area contributed by atoms with Crippen molar-refractivity contribution in [3.63, 3.8) is 0 Å². The molecule has 0 aromatic carbocycles. The summed E-state index contributed by atoms with van der Waals surface area (Å²) in [6, 6.07) is 4.27. The van der Waals surface area contributed by atoms with Crippen molar-refractivity contribution in [1.82, 2.24) is 9.88 Å². The van der Waals surface area contributed by atoms with Crippen LogP contribution in [0.25, 0.3) is 0 Å². The van der Waals surface area contributed by atoms with Crippen molar-refractivity contribution >= 4 is 0 Å². The predicted octanol–water partition coefficient (Wildman–Crippen LogP) is 2.56. The van der Waals surface area contributed by atoms with Crippen LogP contribution in [0.15, 0.2) is 30.5 Å². The molecule has 78 valence electrons. The zero-order chi connectivity index (χ0) is 10.4. The Morgan fingerprint density at radius 1 is 1.57 bits per heavy atom. The molecule has 0 spiro atoms. The van der Waals surface area contributed by atoms with Gasteiger partial charge in [0.05, 0.1) is 0 Å². The minimum absolute atomic E-state index is 0.900. The van der Waals surface area contributed by atoms with Crippen molar-refractivity contribution in [2.75, 3.05) is 6.54 Å². The molecule has 1 aromatic heterocycles. The van der Waals surface area contributed by atoms with Gasteiger partial charge in [0.2, 0.25) is 0 Å². The van der Waals surface area contributed by atoms with E-state index in [0.29, 0.717) is 0 Å². The number of aryl methyl sites for hydroxylation is 1. The van der Waals surface area contributed by atoms with Gasteiger partial charge >= 0.3 is 0 Å². The summed E-state index contributed by atoms with van der Waals surface area (Å²) in [7, 11) is 0. The lowest BCUT2D eigenvalue weighted by Gasteiger charge is -2.08. The zero-order valence-corrected chi connectivity index (χ0v) is 9.21. The molecule has 14 heavy (non-hydrogen) atoms. The first-order valence-electron chi connectivity index (χ1n) is 5.23. The minimum atomic E-state index is 0.900. The molecule has 0 amide bonds. The Labute approximate surface area is 86.6 Å². The topological polar surface area (TPSA) is 17.0 Å². The molecule has 0 radical (unpaired) electrons. The van der Waals surface area contributed by atoms with Crippen molar-refractivity contribution in [3.8, 4) is 0 Å². The van der Waals surface area contributed by atoms with Crippen molar-refractivity contribution in [2.45, 2.75) is 33.4 Å². The molecule has 1 rings (SSSR count). The van der Waals surface area contributed by atoms with E-state index < -0.39 is 0 Å². The van der Waals surface area contributed by atoms with Gasteiger partial charge in [-0.25, -0.2) is 0 Å². The molecule has 0 aliphatic heterocycles. The molecule has 2 nitrogen and oxygen atoms in total. The standard InChI is InChI=1S/C12H20N2/c1-4-7-14-8-5-6-12(14)10-13-9-11(2)3/h5-6,8,13H,2,4,7,9-10H2,1,3H3. The summed E-state index contributed by atoms with van der Waals surface area (Å²) in [5.41, 5.74) is 2.53. The fourth-order valence-corrected chi connectivity index (χ4v) is 1.47. The Bertz CT molecular complexity index is 286. The molecule has 0 saturated carbocycles. The Kier molecular flexibility index (Phi) is 4.47. The third kappa shape index (κ3) is 3.38. The maximum absolute atomic E-state index is 3.86. The van der Waals surface area contributed by atoms with E-state index in [4.69, 9.17) is 0 Å². The van der Waals surface area contributed by atoms with Crippen LogP contribution in [0.2, 0.25) is 0 Å². The predicted molar refractivity (Wildman–Crippen MR) is 61.2 cm³/mol. The van der Waals surface area contributed by atoms with Crippen LogP contribution in [0.1, 0.15) is 26.0 Å². The van der Waals surface area contributed by atoms with Crippen LogP contribution < -0.4 is 5.32 Å². The van der Waals surface area contributed by atoms with Gasteiger partial charge in [-0.15, -0.1) is 0 Å². The van der Waals surface area contributed by atoms with Gasteiger partial charge in [0, 0.05) is 31.5 Å². The average Bonchev–Trinajstić information content (AvgIpc) is 2.53. The van der Waals surface area contributed by atoms with Crippen LogP contribution >= 0.6 is 0 Å². The summed E-state index contributed by atoms with van der Waals surface area (Å²) in [4.78, 5) is 0. The lowest BCUT2D eigenvalue weighted by atomic mass is 10.3. The van der Waals surface area contributed by atoms with Crippen molar-refractivity contribution < 1.29 is 0 Å². The second-order valence-electron chi connectivity index (χ2n) is 3.75. The van der Waals surface area contributed by atoms with Crippen molar-refractivity contribution in [2.24, 2.45) is 0 Å². The smallest absolute Gasteiger partial charge is 0.0362 e. The quantitative estimate of drug-likeness (QED) is 0.685. The second-order valence-corrected chi connectivity index (χ2v) is 3.75. The van der Waals surface area contributed by atoms with E-state index in [2.05, 4.69) is 41.7 Å². The van der Waals surface area contributed by atoms with E-state index in [0.717, 1.165) is 19.6 Å². The largest absolute Gasteiger partial charge is 0.350 e. The normalized spacial score (nSPS) is 10.4. The van der Waals surface area contributed by atoms with Gasteiger partial charge in [0.25, 0.3) is 0 Å². The summed E-state index contributed by atoms with van der Waals surface area (Å²) in [6.45, 7) is 11.0. The summed E-state index contributed by atoms with van der Waals surface area (Å²) < 4.78 is 2.30. The summed E-state index contributed by atoms with van der Waals surface area (Å²) in [6.07, 6.45) is 3.32. The maximum atomic E-state index is 3.86. The third-order valence-corrected chi connectivity index (χ3v) is 2.12. The number of rotatable bonds is 6. The van der Waals surface area contributed by atoms with Crippen LogP contribution in [-0.4, -0.2) is 11.1 Å². The maximum Gasteiger partial charge on any atom is 0.0362 e. The molecule has 0 bridgehead atoms. The molecule has 1 heterocycles. The van der Waals surface area contributed by atoms with E-state index in [1.807, 2.05) is 6.92 Å². The summed E-state index contributed by atoms with van der Waals surface area (Å²) in [5, 5.41) is 3.37. The molecule has 0 unspecified atom stereocenters. The highest BCUT2D eigenvalue weighted by Gasteiger charge is 1.98. The Morgan fingerprint density at radius 3 is 3.00 bits per heavy atom. The minimum Gasteiger partial charge on any atom is -0.350 e. The highest BCUT2D eigenvalue weighted by atomic mass is 15.0. The first kappa shape index (κ1) is 11.1. The molecule has 0 atom stereocenters. The number of hydrogen-bond acceptors (Lipinski definition) is 1. The summed E-state index contributed by atoms with van der Waals surface area (Å²) in [5.74, 6) is 0. The van der Waals surface area contributed by atoms with Gasteiger partial charge < -0.3 is 9.88 Å². The fourth-order valence-electron chi connectivity index (χ4n) is 1.47. The molecular formula is C12H20N2. The summed E-state index contributed by atoms with van der Waals surface area (Å²) >= 11 is 0. The fraction of sp³-hybridized carbons (Fsp3) is 0.500. The van der Waals surface area contributed by atoms with Gasteiger partial charge in [-0.05, 0) is 25.5 Å². The van der Waals surface area contributed by atoms with Gasteiger partial charge in [-0.3, -0.25) is 0 Å². The monoisotopic (exact) mass is 192 g/mol. The highest BCUT2D eigenvalue weighted by molar-refractivity contribution is 5.07. The lowest BCUT2D eigenvalue weighted by Crippen LogP contribution is -2.17. The van der Waals surface area contributed by atoms with Gasteiger partial charge in [0.15, 0.2) is 0 Å². The van der Waals surface area contributed by atoms with Crippen LogP contribution in [0.3, 0.4) is 0 Å². The Hall–Kier alpha value is -1.02. The van der Waals surface area contributed by atoms with E-state index >= 15 is 0 Å². The first-order chi connectivity index (χ1) is 6.74. The van der Waals surface area contributed by atoms with E-state index in [-0.39, 0.29) is 0 Å². The van der Waals surface area contributed by atoms with Gasteiger partial charge in [0.1, 0.15) is 0 Å². The molecule has 0 saturated heterocycles. The molecule has 0 aliphatic carbocycles. The molecule has 0 aliphatic rings. The highest BCUT2D eigenvalue weighted by Crippen LogP contribution is 2.03. The molecular weight excluding hydrogens is 172 g/mol. The molecule has 0 fully saturated rings. The van der Waals surface area contributed by atoms with Gasteiger partial charge in [-0.2, -0.15) is 0 Å². The van der Waals surface area contributed by atoms with E-state index in [1.165, 1.54) is 17.7 Å². The number of nitrogens with zero attached hydrogens (tertiary/aromatic N) is 1. The van der Waals surface area contributed by atoms with E-state index in [9.17, 15) is 0 Å². The molecule has 2 heteroatoms. The Morgan fingerprint density at radius 2 is 2.36 bits per heavy atom.